The molecule has 2 heterocycles. The molecule has 8 nitrogen and oxygen atoms in total. The topological polar surface area (TPSA) is 96.0 Å². The molecule has 1 aliphatic rings. The maximum Gasteiger partial charge on any atom is 0.205 e. The van der Waals surface area contributed by atoms with E-state index in [0.29, 0.717) is 37.8 Å². The number of oxime groups is 1. The van der Waals surface area contributed by atoms with Crippen molar-refractivity contribution in [1.82, 2.24) is 10.3 Å². The van der Waals surface area contributed by atoms with Crippen LogP contribution in [-0.4, -0.2) is 47.7 Å². The third-order valence-electron chi connectivity index (χ3n) is 3.29. The van der Waals surface area contributed by atoms with E-state index in [1.807, 2.05) is 4.90 Å². The number of anilines is 2. The number of hydrogen-bond acceptors (Lipinski definition) is 7. The van der Waals surface area contributed by atoms with Crippen LogP contribution in [0.15, 0.2) is 32.5 Å². The smallest absolute Gasteiger partial charge is 0.205 e. The highest BCUT2D eigenvalue weighted by atomic mass is 79.9. The SMILES string of the molecule is O/N=C(/Nc1ccc(F)c(Br)c1)c1nonc1N1CCOCC1. The van der Waals surface area contributed by atoms with Crippen molar-refractivity contribution in [2.75, 3.05) is 36.5 Å². The molecule has 0 amide bonds. The molecule has 0 bridgehead atoms. The number of hydrogen-bond donors (Lipinski definition) is 2. The molecular formula is C13H13BrFN5O3. The van der Waals surface area contributed by atoms with E-state index in [1.54, 1.807) is 0 Å². The summed E-state index contributed by atoms with van der Waals surface area (Å²) in [6, 6.07) is 4.31. The van der Waals surface area contributed by atoms with Crippen LogP contribution in [-0.2, 0) is 4.74 Å². The quantitative estimate of drug-likeness (QED) is 0.361. The minimum Gasteiger partial charge on any atom is -0.409 e. The summed E-state index contributed by atoms with van der Waals surface area (Å²) in [6.07, 6.45) is 0. The molecule has 1 fully saturated rings. The molecular weight excluding hydrogens is 373 g/mol. The van der Waals surface area contributed by atoms with Crippen LogP contribution in [0.5, 0.6) is 0 Å². The molecule has 0 atom stereocenters. The van der Waals surface area contributed by atoms with Gasteiger partial charge in [0.25, 0.3) is 0 Å². The van der Waals surface area contributed by atoms with Gasteiger partial charge in [-0.2, -0.15) is 0 Å². The average Bonchev–Trinajstić information content (AvgIpc) is 3.06. The summed E-state index contributed by atoms with van der Waals surface area (Å²) >= 11 is 3.10. The third-order valence-corrected chi connectivity index (χ3v) is 3.90. The van der Waals surface area contributed by atoms with E-state index in [0.717, 1.165) is 0 Å². The van der Waals surface area contributed by atoms with Crippen molar-refractivity contribution >= 4 is 33.3 Å². The molecule has 0 aliphatic carbocycles. The average molecular weight is 386 g/mol. The highest BCUT2D eigenvalue weighted by Crippen LogP contribution is 2.22. The first-order valence-electron chi connectivity index (χ1n) is 6.79. The van der Waals surface area contributed by atoms with Crippen LogP contribution in [0.4, 0.5) is 15.9 Å². The second kappa shape index (κ2) is 6.92. The lowest BCUT2D eigenvalue weighted by Gasteiger charge is -2.26. The van der Waals surface area contributed by atoms with Crippen molar-refractivity contribution in [2.24, 2.45) is 5.16 Å². The van der Waals surface area contributed by atoms with Gasteiger partial charge in [0.15, 0.2) is 5.69 Å². The van der Waals surface area contributed by atoms with E-state index in [1.165, 1.54) is 18.2 Å². The Bertz CT molecular complexity index is 717. The molecule has 2 aromatic rings. The predicted molar refractivity (Wildman–Crippen MR) is 83.4 cm³/mol. The van der Waals surface area contributed by atoms with Crippen molar-refractivity contribution in [3.63, 3.8) is 0 Å². The lowest BCUT2D eigenvalue weighted by atomic mass is 10.3. The number of aromatic nitrogens is 2. The summed E-state index contributed by atoms with van der Waals surface area (Å²) in [5.41, 5.74) is 0.775. The second-order valence-corrected chi connectivity index (χ2v) is 5.59. The van der Waals surface area contributed by atoms with E-state index < -0.39 is 5.82 Å². The molecule has 1 aliphatic heterocycles. The number of rotatable bonds is 3. The van der Waals surface area contributed by atoms with Gasteiger partial charge < -0.3 is 20.2 Å². The number of amidine groups is 1. The molecule has 122 valence electrons. The van der Waals surface area contributed by atoms with E-state index in [4.69, 9.17) is 9.37 Å². The molecule has 0 radical (unpaired) electrons. The van der Waals surface area contributed by atoms with Crippen LogP contribution < -0.4 is 10.2 Å². The van der Waals surface area contributed by atoms with Gasteiger partial charge in [-0.3, -0.25) is 0 Å². The molecule has 1 aromatic carbocycles. The van der Waals surface area contributed by atoms with Crippen LogP contribution in [0.3, 0.4) is 0 Å². The summed E-state index contributed by atoms with van der Waals surface area (Å²) in [5, 5.41) is 23.0. The zero-order valence-corrected chi connectivity index (χ0v) is 13.5. The molecule has 0 spiro atoms. The number of nitrogens with one attached hydrogen (secondary N) is 1. The van der Waals surface area contributed by atoms with Crippen molar-refractivity contribution in [3.8, 4) is 0 Å². The highest BCUT2D eigenvalue weighted by Gasteiger charge is 2.24. The molecule has 10 heteroatoms. The lowest BCUT2D eigenvalue weighted by molar-refractivity contribution is 0.122. The van der Waals surface area contributed by atoms with E-state index in [2.05, 4.69) is 36.7 Å². The minimum absolute atomic E-state index is 0.0475. The maximum atomic E-state index is 13.3. The number of ether oxygens (including phenoxy) is 1. The lowest BCUT2D eigenvalue weighted by Crippen LogP contribution is -2.37. The van der Waals surface area contributed by atoms with Crippen molar-refractivity contribution < 1.29 is 19.0 Å². The minimum atomic E-state index is -0.393. The molecule has 1 aromatic heterocycles. The summed E-state index contributed by atoms with van der Waals surface area (Å²) in [5.74, 6) is 0.108. The Kier molecular flexibility index (Phi) is 4.72. The zero-order chi connectivity index (χ0) is 16.2. The largest absolute Gasteiger partial charge is 0.409 e. The van der Waals surface area contributed by atoms with Gasteiger partial charge in [-0.05, 0) is 44.4 Å². The Morgan fingerprint density at radius 2 is 2.13 bits per heavy atom. The van der Waals surface area contributed by atoms with E-state index in [9.17, 15) is 9.60 Å². The Morgan fingerprint density at radius 3 is 2.83 bits per heavy atom. The van der Waals surface area contributed by atoms with Gasteiger partial charge in [0, 0.05) is 18.8 Å². The van der Waals surface area contributed by atoms with Crippen LogP contribution in [0, 0.1) is 5.82 Å². The third kappa shape index (κ3) is 3.42. The Hall–Kier alpha value is -2.20. The Morgan fingerprint density at radius 1 is 1.35 bits per heavy atom. The number of halogens is 2. The fourth-order valence-corrected chi connectivity index (χ4v) is 2.54. The van der Waals surface area contributed by atoms with Gasteiger partial charge in [-0.1, -0.05) is 5.16 Å². The van der Waals surface area contributed by atoms with Crippen LogP contribution >= 0.6 is 15.9 Å². The standard InChI is InChI=1S/C13H13BrFN5O3/c14-9-7-8(1-2-10(9)15)16-12(17-21)11-13(19-23-18-11)20-3-5-22-6-4-20/h1-2,7,21H,3-6H2,(H,16,17). The Balaban J connectivity index is 1.84. The molecule has 23 heavy (non-hydrogen) atoms. The second-order valence-electron chi connectivity index (χ2n) is 4.74. The number of nitrogens with zero attached hydrogens (tertiary/aromatic N) is 4. The molecule has 0 saturated carbocycles. The number of morpholine rings is 1. The van der Waals surface area contributed by atoms with Gasteiger partial charge >= 0.3 is 0 Å². The highest BCUT2D eigenvalue weighted by molar-refractivity contribution is 9.10. The van der Waals surface area contributed by atoms with Gasteiger partial charge in [0.05, 0.1) is 17.7 Å². The molecule has 2 N–H and O–H groups in total. The number of benzene rings is 1. The van der Waals surface area contributed by atoms with Crippen LogP contribution in [0.2, 0.25) is 0 Å². The van der Waals surface area contributed by atoms with Gasteiger partial charge in [0.2, 0.25) is 11.7 Å². The van der Waals surface area contributed by atoms with Gasteiger partial charge in [0.1, 0.15) is 5.82 Å². The Labute approximate surface area is 139 Å². The summed E-state index contributed by atoms with van der Waals surface area (Å²) in [6.45, 7) is 2.39. The summed E-state index contributed by atoms with van der Waals surface area (Å²) in [7, 11) is 0. The molecule has 1 saturated heterocycles. The fraction of sp³-hybridized carbons (Fsp3) is 0.308. The molecule has 0 unspecified atom stereocenters. The maximum absolute atomic E-state index is 13.3. The first-order valence-corrected chi connectivity index (χ1v) is 7.58. The summed E-state index contributed by atoms with van der Waals surface area (Å²) in [4.78, 5) is 1.92. The van der Waals surface area contributed by atoms with Crippen LogP contribution in [0.25, 0.3) is 0 Å². The van der Waals surface area contributed by atoms with Crippen molar-refractivity contribution in [2.45, 2.75) is 0 Å². The van der Waals surface area contributed by atoms with Crippen molar-refractivity contribution in [3.05, 3.63) is 34.2 Å². The zero-order valence-electron chi connectivity index (χ0n) is 11.9. The van der Waals surface area contributed by atoms with Gasteiger partial charge in [-0.15, -0.1) is 0 Å². The van der Waals surface area contributed by atoms with E-state index in [-0.39, 0.29) is 16.0 Å². The predicted octanol–water partition coefficient (Wildman–Crippen LogP) is 2.06. The fourth-order valence-electron chi connectivity index (χ4n) is 2.16. The first kappa shape index (κ1) is 15.7. The first-order chi connectivity index (χ1) is 11.2. The van der Waals surface area contributed by atoms with Gasteiger partial charge in [-0.25, -0.2) is 9.02 Å². The van der Waals surface area contributed by atoms with Crippen molar-refractivity contribution in [1.29, 1.82) is 0 Å². The monoisotopic (exact) mass is 385 g/mol. The van der Waals surface area contributed by atoms with E-state index >= 15 is 0 Å². The normalized spacial score (nSPS) is 15.7. The molecule has 3 rings (SSSR count). The summed E-state index contributed by atoms with van der Waals surface area (Å²) < 4.78 is 23.6. The van der Waals surface area contributed by atoms with Crippen LogP contribution in [0.1, 0.15) is 5.69 Å².